The second-order valence-corrected chi connectivity index (χ2v) is 5.23. The first-order chi connectivity index (χ1) is 9.51. The minimum absolute atomic E-state index is 0. The maximum absolute atomic E-state index is 13.0. The van der Waals surface area contributed by atoms with Crippen molar-refractivity contribution >= 4 is 24.0 Å². The van der Waals surface area contributed by atoms with Crippen molar-refractivity contribution in [1.82, 2.24) is 4.90 Å². The Balaban J connectivity index is 0.00000220. The second kappa shape index (κ2) is 7.68. The third kappa shape index (κ3) is 4.91. The fourth-order valence-corrected chi connectivity index (χ4v) is 2.33. The molecule has 1 fully saturated rings. The number of carbonyl (C=O) groups is 1. The second-order valence-electron chi connectivity index (χ2n) is 5.23. The minimum Gasteiger partial charge on any atom is -0.329 e. The van der Waals surface area contributed by atoms with Gasteiger partial charge in [-0.2, -0.15) is 0 Å². The topological polar surface area (TPSA) is 58.4 Å². The maximum atomic E-state index is 13.0. The molecule has 1 amide bonds. The van der Waals surface area contributed by atoms with Crippen molar-refractivity contribution < 1.29 is 13.6 Å². The Bertz CT molecular complexity index is 497. The van der Waals surface area contributed by atoms with Crippen LogP contribution in [-0.4, -0.2) is 37.0 Å². The molecule has 118 valence electrons. The summed E-state index contributed by atoms with van der Waals surface area (Å²) in [6.45, 7) is 0.691. The van der Waals surface area contributed by atoms with E-state index in [-0.39, 0.29) is 36.6 Å². The van der Waals surface area contributed by atoms with Crippen LogP contribution >= 0.6 is 12.4 Å². The van der Waals surface area contributed by atoms with Crippen LogP contribution < -0.4 is 11.1 Å². The van der Waals surface area contributed by atoms with Crippen molar-refractivity contribution in [3.8, 4) is 0 Å². The number of carbonyl (C=O) groups excluding carboxylic acids is 1. The molecule has 1 aromatic rings. The summed E-state index contributed by atoms with van der Waals surface area (Å²) in [5.41, 5.74) is 5.96. The van der Waals surface area contributed by atoms with Gasteiger partial charge in [-0.05, 0) is 37.9 Å². The maximum Gasteiger partial charge on any atom is 0.238 e. The van der Waals surface area contributed by atoms with E-state index in [0.29, 0.717) is 12.5 Å². The van der Waals surface area contributed by atoms with Gasteiger partial charge in [-0.25, -0.2) is 8.78 Å². The number of nitrogens with zero attached hydrogens (tertiary/aromatic N) is 1. The lowest BCUT2D eigenvalue weighted by molar-refractivity contribution is -0.117. The molecule has 0 aliphatic heterocycles. The lowest BCUT2D eigenvalue weighted by atomic mass is 10.1. The summed E-state index contributed by atoms with van der Waals surface area (Å²) in [6, 6.07) is 3.49. The summed E-state index contributed by atoms with van der Waals surface area (Å²) in [5.74, 6) is -1.61. The van der Waals surface area contributed by atoms with Crippen LogP contribution in [0.3, 0.4) is 0 Å². The quantitative estimate of drug-likeness (QED) is 0.843. The van der Waals surface area contributed by atoms with E-state index >= 15 is 0 Å². The Morgan fingerprint density at radius 3 is 2.62 bits per heavy atom. The van der Waals surface area contributed by atoms with Crippen LogP contribution in [0, 0.1) is 17.6 Å². The number of rotatable bonds is 6. The fraction of sp³-hybridized carbons (Fsp3) is 0.500. The summed E-state index contributed by atoms with van der Waals surface area (Å²) in [4.78, 5) is 13.8. The van der Waals surface area contributed by atoms with E-state index in [4.69, 9.17) is 5.73 Å². The lowest BCUT2D eigenvalue weighted by Crippen LogP contribution is -2.43. The monoisotopic (exact) mass is 319 g/mol. The van der Waals surface area contributed by atoms with Gasteiger partial charge in [0.25, 0.3) is 0 Å². The number of anilines is 1. The summed E-state index contributed by atoms with van der Waals surface area (Å²) < 4.78 is 25.8. The Hall–Kier alpha value is -1.24. The van der Waals surface area contributed by atoms with Gasteiger partial charge in [0.15, 0.2) is 11.6 Å². The molecule has 1 atom stereocenters. The number of hydrogen-bond acceptors (Lipinski definition) is 3. The van der Waals surface area contributed by atoms with Crippen molar-refractivity contribution in [3.05, 3.63) is 29.8 Å². The Labute approximate surface area is 129 Å². The van der Waals surface area contributed by atoms with Gasteiger partial charge in [-0.1, -0.05) is 0 Å². The van der Waals surface area contributed by atoms with Gasteiger partial charge in [0, 0.05) is 24.3 Å². The van der Waals surface area contributed by atoms with Crippen LogP contribution in [0.25, 0.3) is 0 Å². The molecule has 21 heavy (non-hydrogen) atoms. The zero-order valence-electron chi connectivity index (χ0n) is 11.8. The van der Waals surface area contributed by atoms with Crippen molar-refractivity contribution in [2.24, 2.45) is 11.7 Å². The third-order valence-corrected chi connectivity index (χ3v) is 3.57. The number of halogens is 3. The summed E-state index contributed by atoms with van der Waals surface area (Å²) >= 11 is 0. The zero-order chi connectivity index (χ0) is 14.7. The van der Waals surface area contributed by atoms with Gasteiger partial charge in [-0.3, -0.25) is 9.69 Å². The molecule has 0 saturated heterocycles. The average Bonchev–Trinajstić information content (AvgIpc) is 3.19. The van der Waals surface area contributed by atoms with Crippen LogP contribution in [0.15, 0.2) is 18.2 Å². The summed E-state index contributed by atoms with van der Waals surface area (Å²) in [5, 5.41) is 2.55. The van der Waals surface area contributed by atoms with Gasteiger partial charge in [-0.15, -0.1) is 12.4 Å². The van der Waals surface area contributed by atoms with Gasteiger partial charge >= 0.3 is 0 Å². The molecule has 3 N–H and O–H groups in total. The Morgan fingerprint density at radius 1 is 1.43 bits per heavy atom. The van der Waals surface area contributed by atoms with E-state index in [0.717, 1.165) is 25.0 Å². The van der Waals surface area contributed by atoms with Crippen LogP contribution in [0.5, 0.6) is 0 Å². The Morgan fingerprint density at radius 2 is 2.10 bits per heavy atom. The molecule has 4 nitrogen and oxygen atoms in total. The normalized spacial score (nSPS) is 15.5. The van der Waals surface area contributed by atoms with E-state index < -0.39 is 11.6 Å². The van der Waals surface area contributed by atoms with Crippen LogP contribution in [0.4, 0.5) is 14.5 Å². The van der Waals surface area contributed by atoms with Gasteiger partial charge in [0.05, 0.1) is 6.54 Å². The fourth-order valence-electron chi connectivity index (χ4n) is 2.33. The first kappa shape index (κ1) is 17.8. The highest BCUT2D eigenvalue weighted by atomic mass is 35.5. The SMILES string of the molecule is CN(CC(=O)Nc1ccc(F)c(F)c1)C(CN)C1CC1.Cl. The lowest BCUT2D eigenvalue weighted by Gasteiger charge is -2.26. The largest absolute Gasteiger partial charge is 0.329 e. The molecule has 0 bridgehead atoms. The predicted molar refractivity (Wildman–Crippen MR) is 80.4 cm³/mol. The van der Waals surface area contributed by atoms with Crippen molar-refractivity contribution in [2.45, 2.75) is 18.9 Å². The molecule has 2 rings (SSSR count). The number of likely N-dealkylation sites (N-methyl/N-ethyl adjacent to an activating group) is 1. The van der Waals surface area contributed by atoms with Crippen molar-refractivity contribution in [1.29, 1.82) is 0 Å². The highest BCUT2D eigenvalue weighted by Crippen LogP contribution is 2.34. The third-order valence-electron chi connectivity index (χ3n) is 3.57. The molecule has 1 unspecified atom stereocenters. The van der Waals surface area contributed by atoms with E-state index in [2.05, 4.69) is 5.32 Å². The molecule has 1 aliphatic carbocycles. The number of nitrogens with two attached hydrogens (primary N) is 1. The molecule has 0 heterocycles. The zero-order valence-corrected chi connectivity index (χ0v) is 12.6. The molecular weight excluding hydrogens is 300 g/mol. The highest BCUT2D eigenvalue weighted by Gasteiger charge is 2.33. The summed E-state index contributed by atoms with van der Waals surface area (Å²) in [7, 11) is 1.85. The van der Waals surface area contributed by atoms with Gasteiger partial charge < -0.3 is 11.1 Å². The molecule has 1 aromatic carbocycles. The van der Waals surface area contributed by atoms with Gasteiger partial charge in [0.1, 0.15) is 0 Å². The van der Waals surface area contributed by atoms with Crippen LogP contribution in [-0.2, 0) is 4.79 Å². The van der Waals surface area contributed by atoms with E-state index in [1.807, 2.05) is 11.9 Å². The van der Waals surface area contributed by atoms with E-state index in [9.17, 15) is 13.6 Å². The molecular formula is C14H20ClF2N3O. The molecule has 0 aromatic heterocycles. The number of nitrogens with one attached hydrogen (secondary N) is 1. The summed E-state index contributed by atoms with van der Waals surface area (Å²) in [6.07, 6.45) is 2.30. The average molecular weight is 320 g/mol. The number of benzene rings is 1. The molecule has 0 spiro atoms. The van der Waals surface area contributed by atoms with E-state index in [1.165, 1.54) is 6.07 Å². The molecule has 7 heteroatoms. The molecule has 1 saturated carbocycles. The van der Waals surface area contributed by atoms with Gasteiger partial charge in [0.2, 0.25) is 5.91 Å². The first-order valence-corrected chi connectivity index (χ1v) is 6.66. The predicted octanol–water partition coefficient (Wildman–Crippen LogP) is 1.99. The molecule has 0 radical (unpaired) electrons. The van der Waals surface area contributed by atoms with E-state index in [1.54, 1.807) is 0 Å². The smallest absolute Gasteiger partial charge is 0.238 e. The van der Waals surface area contributed by atoms with Crippen LogP contribution in [0.2, 0.25) is 0 Å². The number of hydrogen-bond donors (Lipinski definition) is 2. The van der Waals surface area contributed by atoms with Crippen molar-refractivity contribution in [3.63, 3.8) is 0 Å². The first-order valence-electron chi connectivity index (χ1n) is 6.66. The molecule has 1 aliphatic rings. The Kier molecular flexibility index (Phi) is 6.51. The van der Waals surface area contributed by atoms with Crippen molar-refractivity contribution in [2.75, 3.05) is 25.5 Å². The standard InChI is InChI=1S/C14H19F2N3O.ClH/c1-19(13(7-17)9-2-3-9)8-14(20)18-10-4-5-11(15)12(16)6-10;/h4-6,9,13H,2-3,7-8,17H2,1H3,(H,18,20);1H. The highest BCUT2D eigenvalue weighted by molar-refractivity contribution is 5.92. The number of amides is 1. The van der Waals surface area contributed by atoms with Crippen LogP contribution in [0.1, 0.15) is 12.8 Å². The minimum atomic E-state index is -0.978.